The summed E-state index contributed by atoms with van der Waals surface area (Å²) in [5.41, 5.74) is 4.11. The predicted octanol–water partition coefficient (Wildman–Crippen LogP) is 3.87. The van der Waals surface area contributed by atoms with Gasteiger partial charge in [0.25, 0.3) is 0 Å². The van der Waals surface area contributed by atoms with Crippen molar-refractivity contribution in [3.8, 4) is 11.5 Å². The molecule has 0 aromatic heterocycles. The van der Waals surface area contributed by atoms with Gasteiger partial charge in [-0.15, -0.1) is 0 Å². The van der Waals surface area contributed by atoms with Crippen LogP contribution >= 0.6 is 0 Å². The Balaban J connectivity index is 1.73. The minimum Gasteiger partial charge on any atom is -0.497 e. The van der Waals surface area contributed by atoms with E-state index in [4.69, 9.17) is 9.47 Å². The SMILES string of the molecule is COc1cc(CN[C@@H]2CCCc3ccccc32)cc(OC)c1. The van der Waals surface area contributed by atoms with Gasteiger partial charge >= 0.3 is 0 Å². The van der Waals surface area contributed by atoms with Crippen LogP contribution in [0.5, 0.6) is 11.5 Å². The fourth-order valence-corrected chi connectivity index (χ4v) is 3.18. The molecule has 1 N–H and O–H groups in total. The molecule has 0 bridgehead atoms. The summed E-state index contributed by atoms with van der Waals surface area (Å²) < 4.78 is 10.7. The number of ether oxygens (including phenoxy) is 2. The van der Waals surface area contributed by atoms with Gasteiger partial charge in [0.2, 0.25) is 0 Å². The Hall–Kier alpha value is -2.00. The maximum atomic E-state index is 5.34. The van der Waals surface area contributed by atoms with Gasteiger partial charge in [-0.2, -0.15) is 0 Å². The molecule has 116 valence electrons. The first kappa shape index (κ1) is 14.9. The lowest BCUT2D eigenvalue weighted by molar-refractivity contribution is 0.392. The lowest BCUT2D eigenvalue weighted by Gasteiger charge is -2.26. The Morgan fingerprint density at radius 1 is 1.05 bits per heavy atom. The van der Waals surface area contributed by atoms with Crippen LogP contribution in [0.15, 0.2) is 42.5 Å². The zero-order chi connectivity index (χ0) is 15.4. The van der Waals surface area contributed by atoms with E-state index in [0.29, 0.717) is 6.04 Å². The van der Waals surface area contributed by atoms with Crippen molar-refractivity contribution in [2.24, 2.45) is 0 Å². The number of fused-ring (bicyclic) bond motifs is 1. The van der Waals surface area contributed by atoms with E-state index in [9.17, 15) is 0 Å². The highest BCUT2D eigenvalue weighted by atomic mass is 16.5. The van der Waals surface area contributed by atoms with E-state index in [1.807, 2.05) is 6.07 Å². The summed E-state index contributed by atoms with van der Waals surface area (Å²) in [5.74, 6) is 1.67. The summed E-state index contributed by atoms with van der Waals surface area (Å²) in [6.07, 6.45) is 3.63. The summed E-state index contributed by atoms with van der Waals surface area (Å²) in [6, 6.07) is 15.2. The normalized spacial score (nSPS) is 16.9. The monoisotopic (exact) mass is 297 g/mol. The van der Waals surface area contributed by atoms with Crippen molar-refractivity contribution in [1.82, 2.24) is 5.32 Å². The van der Waals surface area contributed by atoms with Gasteiger partial charge in [0.1, 0.15) is 11.5 Å². The van der Waals surface area contributed by atoms with E-state index in [0.717, 1.165) is 18.0 Å². The maximum absolute atomic E-state index is 5.34. The van der Waals surface area contributed by atoms with Gasteiger partial charge in [0, 0.05) is 18.7 Å². The largest absolute Gasteiger partial charge is 0.497 e. The second kappa shape index (κ2) is 6.84. The van der Waals surface area contributed by atoms with Crippen LogP contribution in [0.25, 0.3) is 0 Å². The predicted molar refractivity (Wildman–Crippen MR) is 88.5 cm³/mol. The molecule has 0 spiro atoms. The van der Waals surface area contributed by atoms with Crippen LogP contribution in [-0.4, -0.2) is 14.2 Å². The van der Waals surface area contributed by atoms with Gasteiger partial charge in [0.05, 0.1) is 14.2 Å². The van der Waals surface area contributed by atoms with Crippen molar-refractivity contribution in [2.75, 3.05) is 14.2 Å². The Labute approximate surface area is 132 Å². The second-order valence-electron chi connectivity index (χ2n) is 5.75. The molecular formula is C19H23NO2. The Bertz CT molecular complexity index is 617. The third-order valence-corrected chi connectivity index (χ3v) is 4.33. The topological polar surface area (TPSA) is 30.5 Å². The highest BCUT2D eigenvalue weighted by molar-refractivity contribution is 5.38. The average molecular weight is 297 g/mol. The summed E-state index contributed by atoms with van der Waals surface area (Å²) in [6.45, 7) is 0.812. The molecule has 3 rings (SSSR count). The van der Waals surface area contributed by atoms with Crippen molar-refractivity contribution in [2.45, 2.75) is 31.8 Å². The number of methoxy groups -OCH3 is 2. The van der Waals surface area contributed by atoms with Crippen LogP contribution in [0.3, 0.4) is 0 Å². The Morgan fingerprint density at radius 3 is 2.50 bits per heavy atom. The van der Waals surface area contributed by atoms with Crippen molar-refractivity contribution >= 4 is 0 Å². The second-order valence-corrected chi connectivity index (χ2v) is 5.75. The molecule has 0 saturated carbocycles. The standard InChI is InChI=1S/C19H23NO2/c1-21-16-10-14(11-17(12-16)22-2)13-20-19-9-5-7-15-6-3-4-8-18(15)19/h3-4,6,8,10-12,19-20H,5,7,9,13H2,1-2H3/t19-/m1/s1. The average Bonchev–Trinajstić information content (AvgIpc) is 2.59. The van der Waals surface area contributed by atoms with Crippen molar-refractivity contribution in [1.29, 1.82) is 0 Å². The minimum absolute atomic E-state index is 0.433. The zero-order valence-corrected chi connectivity index (χ0v) is 13.3. The molecule has 0 unspecified atom stereocenters. The first-order chi connectivity index (χ1) is 10.8. The van der Waals surface area contributed by atoms with Crippen LogP contribution in [-0.2, 0) is 13.0 Å². The van der Waals surface area contributed by atoms with E-state index < -0.39 is 0 Å². The number of nitrogens with one attached hydrogen (secondary N) is 1. The molecule has 0 radical (unpaired) electrons. The zero-order valence-electron chi connectivity index (χ0n) is 13.3. The molecule has 0 aliphatic heterocycles. The molecule has 1 atom stereocenters. The van der Waals surface area contributed by atoms with Crippen LogP contribution in [0.1, 0.15) is 35.6 Å². The molecule has 1 aliphatic carbocycles. The van der Waals surface area contributed by atoms with Crippen molar-refractivity contribution < 1.29 is 9.47 Å². The molecule has 2 aromatic carbocycles. The number of hydrogen-bond acceptors (Lipinski definition) is 3. The quantitative estimate of drug-likeness (QED) is 0.908. The first-order valence-corrected chi connectivity index (χ1v) is 7.83. The minimum atomic E-state index is 0.433. The first-order valence-electron chi connectivity index (χ1n) is 7.83. The number of benzene rings is 2. The molecule has 0 fully saturated rings. The third-order valence-electron chi connectivity index (χ3n) is 4.33. The Morgan fingerprint density at radius 2 is 1.77 bits per heavy atom. The summed E-state index contributed by atoms with van der Waals surface area (Å²) >= 11 is 0. The summed E-state index contributed by atoms with van der Waals surface area (Å²) in [5, 5.41) is 3.69. The van der Waals surface area contributed by atoms with Crippen LogP contribution < -0.4 is 14.8 Å². The maximum Gasteiger partial charge on any atom is 0.122 e. The molecule has 3 nitrogen and oxygen atoms in total. The van der Waals surface area contributed by atoms with E-state index in [1.54, 1.807) is 14.2 Å². The molecule has 0 amide bonds. The van der Waals surface area contributed by atoms with Gasteiger partial charge in [-0.1, -0.05) is 24.3 Å². The van der Waals surface area contributed by atoms with E-state index in [-0.39, 0.29) is 0 Å². The highest BCUT2D eigenvalue weighted by Gasteiger charge is 2.19. The number of rotatable bonds is 5. The molecule has 1 aliphatic rings. The van der Waals surface area contributed by atoms with Crippen LogP contribution in [0.4, 0.5) is 0 Å². The van der Waals surface area contributed by atoms with Gasteiger partial charge in [0.15, 0.2) is 0 Å². The van der Waals surface area contributed by atoms with Crippen molar-refractivity contribution in [3.05, 3.63) is 59.2 Å². The highest BCUT2D eigenvalue weighted by Crippen LogP contribution is 2.30. The van der Waals surface area contributed by atoms with Crippen molar-refractivity contribution in [3.63, 3.8) is 0 Å². The summed E-state index contributed by atoms with van der Waals surface area (Å²) in [4.78, 5) is 0. The third kappa shape index (κ3) is 3.25. The fourth-order valence-electron chi connectivity index (χ4n) is 3.18. The fraction of sp³-hybridized carbons (Fsp3) is 0.368. The van der Waals surface area contributed by atoms with E-state index >= 15 is 0 Å². The molecule has 0 saturated heterocycles. The summed E-state index contributed by atoms with van der Waals surface area (Å²) in [7, 11) is 3.37. The van der Waals surface area contributed by atoms with E-state index in [2.05, 4.69) is 41.7 Å². The lowest BCUT2D eigenvalue weighted by atomic mass is 9.87. The lowest BCUT2D eigenvalue weighted by Crippen LogP contribution is -2.24. The molecular weight excluding hydrogens is 274 g/mol. The molecule has 3 heteroatoms. The van der Waals surface area contributed by atoms with Crippen LogP contribution in [0.2, 0.25) is 0 Å². The van der Waals surface area contributed by atoms with Gasteiger partial charge in [-0.05, 0) is 48.1 Å². The van der Waals surface area contributed by atoms with Crippen LogP contribution in [0, 0.1) is 0 Å². The van der Waals surface area contributed by atoms with E-state index in [1.165, 1.54) is 36.0 Å². The van der Waals surface area contributed by atoms with Gasteiger partial charge < -0.3 is 14.8 Å². The molecule has 22 heavy (non-hydrogen) atoms. The molecule has 0 heterocycles. The molecule has 2 aromatic rings. The van der Waals surface area contributed by atoms with Gasteiger partial charge in [-0.3, -0.25) is 0 Å². The number of aryl methyl sites for hydroxylation is 1. The Kier molecular flexibility index (Phi) is 4.64. The van der Waals surface area contributed by atoms with Gasteiger partial charge in [-0.25, -0.2) is 0 Å². The smallest absolute Gasteiger partial charge is 0.122 e. The number of hydrogen-bond donors (Lipinski definition) is 1.